The maximum Gasteiger partial charge on any atom is 0.317 e. The highest BCUT2D eigenvalue weighted by molar-refractivity contribution is 7.88. The molecule has 22 heavy (non-hydrogen) atoms. The first-order chi connectivity index (χ1) is 10.3. The van der Waals surface area contributed by atoms with Gasteiger partial charge in [-0.2, -0.15) is 0 Å². The molecule has 1 heterocycles. The Bertz CT molecular complexity index is 619. The first-order valence-corrected chi connectivity index (χ1v) is 8.97. The van der Waals surface area contributed by atoms with Gasteiger partial charge in [-0.05, 0) is 30.5 Å². The number of piperidine rings is 1. The predicted molar refractivity (Wildman–Crippen MR) is 81.2 cm³/mol. The molecule has 2 rings (SSSR count). The fraction of sp³-hybridized carbons (Fsp3) is 0.500. The molecule has 1 unspecified atom stereocenters. The van der Waals surface area contributed by atoms with Gasteiger partial charge < -0.3 is 10.2 Å². The summed E-state index contributed by atoms with van der Waals surface area (Å²) in [7, 11) is -3.28. The van der Waals surface area contributed by atoms with Gasteiger partial charge in [0.1, 0.15) is 5.82 Å². The van der Waals surface area contributed by atoms with Crippen molar-refractivity contribution in [1.29, 1.82) is 0 Å². The van der Waals surface area contributed by atoms with Crippen LogP contribution in [-0.4, -0.2) is 44.7 Å². The number of sulfonamides is 1. The number of rotatable bonds is 4. The van der Waals surface area contributed by atoms with Crippen LogP contribution >= 0.6 is 0 Å². The summed E-state index contributed by atoms with van der Waals surface area (Å²) in [6, 6.07) is 5.41. The van der Waals surface area contributed by atoms with Crippen LogP contribution in [0.5, 0.6) is 0 Å². The van der Waals surface area contributed by atoms with Crippen molar-refractivity contribution in [3.05, 3.63) is 35.6 Å². The Kier molecular flexibility index (Phi) is 5.36. The lowest BCUT2D eigenvalue weighted by atomic mass is 10.1. The quantitative estimate of drug-likeness (QED) is 0.867. The fourth-order valence-electron chi connectivity index (χ4n) is 2.45. The predicted octanol–water partition coefficient (Wildman–Crippen LogP) is 1.05. The van der Waals surface area contributed by atoms with Gasteiger partial charge in [0.05, 0.1) is 6.26 Å². The average molecular weight is 329 g/mol. The summed E-state index contributed by atoms with van der Waals surface area (Å²) in [5.41, 5.74) is 0.803. The van der Waals surface area contributed by atoms with Crippen LogP contribution in [0, 0.1) is 5.82 Å². The van der Waals surface area contributed by atoms with Crippen LogP contribution in [0.3, 0.4) is 0 Å². The number of nitrogens with zero attached hydrogens (tertiary/aromatic N) is 1. The lowest BCUT2D eigenvalue weighted by Crippen LogP contribution is -2.51. The second-order valence-corrected chi connectivity index (χ2v) is 7.24. The Morgan fingerprint density at radius 2 is 2.05 bits per heavy atom. The van der Waals surface area contributed by atoms with Gasteiger partial charge in [0, 0.05) is 25.7 Å². The molecule has 1 fully saturated rings. The van der Waals surface area contributed by atoms with Gasteiger partial charge in [-0.25, -0.2) is 22.3 Å². The van der Waals surface area contributed by atoms with E-state index in [0.717, 1.165) is 24.7 Å². The zero-order valence-corrected chi connectivity index (χ0v) is 13.2. The summed E-state index contributed by atoms with van der Waals surface area (Å²) in [6.07, 6.45) is 2.58. The maximum atomic E-state index is 12.8. The number of carbonyl (C=O) groups is 1. The molecule has 1 aromatic rings. The Hall–Kier alpha value is -1.67. The molecule has 6 nitrogen and oxygen atoms in total. The van der Waals surface area contributed by atoms with Gasteiger partial charge in [0.25, 0.3) is 0 Å². The summed E-state index contributed by atoms with van der Waals surface area (Å²) in [5, 5.41) is 2.76. The third-order valence-corrected chi connectivity index (χ3v) is 4.21. The van der Waals surface area contributed by atoms with Crippen molar-refractivity contribution in [3.63, 3.8) is 0 Å². The number of hydrogen-bond donors (Lipinski definition) is 2. The van der Waals surface area contributed by atoms with Gasteiger partial charge in [-0.3, -0.25) is 0 Å². The van der Waals surface area contributed by atoms with Crippen molar-refractivity contribution in [1.82, 2.24) is 14.9 Å². The van der Waals surface area contributed by atoms with Crippen LogP contribution in [0.25, 0.3) is 0 Å². The largest absolute Gasteiger partial charge is 0.334 e. The molecule has 8 heteroatoms. The van der Waals surface area contributed by atoms with E-state index in [1.165, 1.54) is 12.1 Å². The SMILES string of the molecule is CS(=O)(=O)NC1CCCN(C(=O)NCc2ccc(F)cc2)C1. The van der Waals surface area contributed by atoms with Crippen molar-refractivity contribution in [2.45, 2.75) is 25.4 Å². The number of nitrogens with one attached hydrogen (secondary N) is 2. The number of benzene rings is 1. The van der Waals surface area contributed by atoms with E-state index in [9.17, 15) is 17.6 Å². The van der Waals surface area contributed by atoms with Crippen LogP contribution in [-0.2, 0) is 16.6 Å². The number of likely N-dealkylation sites (tertiary alicyclic amines) is 1. The second kappa shape index (κ2) is 7.06. The average Bonchev–Trinajstić information content (AvgIpc) is 2.45. The molecule has 0 aromatic heterocycles. The number of carbonyl (C=O) groups excluding carboxylic acids is 1. The summed E-state index contributed by atoms with van der Waals surface area (Å²) in [6.45, 7) is 1.25. The minimum atomic E-state index is -3.28. The Morgan fingerprint density at radius 3 is 2.68 bits per heavy atom. The molecule has 0 bridgehead atoms. The summed E-state index contributed by atoms with van der Waals surface area (Å²) < 4.78 is 37.8. The lowest BCUT2D eigenvalue weighted by Gasteiger charge is -2.32. The Labute approximate surface area is 129 Å². The number of urea groups is 1. The van der Waals surface area contributed by atoms with Gasteiger partial charge in [0.2, 0.25) is 10.0 Å². The molecular formula is C14H20FN3O3S. The highest BCUT2D eigenvalue weighted by Gasteiger charge is 2.25. The van der Waals surface area contributed by atoms with Gasteiger partial charge in [0.15, 0.2) is 0 Å². The summed E-state index contributed by atoms with van der Waals surface area (Å²) in [5.74, 6) is -0.319. The molecule has 2 N–H and O–H groups in total. The Morgan fingerprint density at radius 1 is 1.36 bits per heavy atom. The van der Waals surface area contributed by atoms with Crippen LogP contribution in [0.15, 0.2) is 24.3 Å². The maximum absolute atomic E-state index is 12.8. The lowest BCUT2D eigenvalue weighted by molar-refractivity contribution is 0.177. The van der Waals surface area contributed by atoms with E-state index in [1.807, 2.05) is 0 Å². The van der Waals surface area contributed by atoms with Crippen molar-refractivity contribution in [2.24, 2.45) is 0 Å². The smallest absolute Gasteiger partial charge is 0.317 e. The van der Waals surface area contributed by atoms with E-state index in [0.29, 0.717) is 19.6 Å². The van der Waals surface area contributed by atoms with Crippen LogP contribution in [0.4, 0.5) is 9.18 Å². The zero-order chi connectivity index (χ0) is 16.2. The van der Waals surface area contributed by atoms with E-state index in [4.69, 9.17) is 0 Å². The minimum absolute atomic E-state index is 0.246. The molecule has 2 amide bonds. The first kappa shape index (κ1) is 16.7. The van der Waals surface area contributed by atoms with E-state index >= 15 is 0 Å². The van der Waals surface area contributed by atoms with Gasteiger partial charge in [-0.15, -0.1) is 0 Å². The van der Waals surface area contributed by atoms with E-state index in [1.54, 1.807) is 17.0 Å². The topological polar surface area (TPSA) is 78.5 Å². The first-order valence-electron chi connectivity index (χ1n) is 7.08. The Balaban J connectivity index is 1.85. The van der Waals surface area contributed by atoms with Crippen LogP contribution < -0.4 is 10.0 Å². The standard InChI is InChI=1S/C14H20FN3O3S/c1-22(20,21)17-13-3-2-8-18(10-13)14(19)16-9-11-4-6-12(15)7-5-11/h4-7,13,17H,2-3,8-10H2,1H3,(H,16,19). The molecule has 0 aliphatic carbocycles. The minimum Gasteiger partial charge on any atom is -0.334 e. The number of hydrogen-bond acceptors (Lipinski definition) is 3. The molecule has 1 saturated heterocycles. The third kappa shape index (κ3) is 5.27. The molecule has 1 aliphatic heterocycles. The molecule has 0 radical (unpaired) electrons. The summed E-state index contributed by atoms with van der Waals surface area (Å²) in [4.78, 5) is 13.7. The van der Waals surface area contributed by atoms with Gasteiger partial charge >= 0.3 is 6.03 Å². The fourth-order valence-corrected chi connectivity index (χ4v) is 3.25. The molecule has 1 atom stereocenters. The zero-order valence-electron chi connectivity index (χ0n) is 12.4. The van der Waals surface area contributed by atoms with Crippen molar-refractivity contribution >= 4 is 16.1 Å². The molecule has 0 spiro atoms. The number of halogens is 1. The molecule has 1 aromatic carbocycles. The molecular weight excluding hydrogens is 309 g/mol. The molecule has 1 aliphatic rings. The van der Waals surface area contributed by atoms with Crippen molar-refractivity contribution in [3.8, 4) is 0 Å². The van der Waals surface area contributed by atoms with E-state index < -0.39 is 10.0 Å². The highest BCUT2D eigenvalue weighted by Crippen LogP contribution is 2.11. The highest BCUT2D eigenvalue weighted by atomic mass is 32.2. The third-order valence-electron chi connectivity index (χ3n) is 3.45. The van der Waals surface area contributed by atoms with Crippen molar-refractivity contribution in [2.75, 3.05) is 19.3 Å². The molecule has 0 saturated carbocycles. The second-order valence-electron chi connectivity index (χ2n) is 5.46. The number of amides is 2. The van der Waals surface area contributed by atoms with E-state index in [-0.39, 0.29) is 17.9 Å². The van der Waals surface area contributed by atoms with E-state index in [2.05, 4.69) is 10.0 Å². The summed E-state index contributed by atoms with van der Waals surface area (Å²) >= 11 is 0. The monoisotopic (exact) mass is 329 g/mol. The normalized spacial score (nSPS) is 19.0. The van der Waals surface area contributed by atoms with Gasteiger partial charge in [-0.1, -0.05) is 12.1 Å². The molecule has 122 valence electrons. The van der Waals surface area contributed by atoms with Crippen LogP contribution in [0.1, 0.15) is 18.4 Å². The van der Waals surface area contributed by atoms with Crippen molar-refractivity contribution < 1.29 is 17.6 Å². The van der Waals surface area contributed by atoms with Crippen LogP contribution in [0.2, 0.25) is 0 Å².